The Balaban J connectivity index is 1.22. The van der Waals surface area contributed by atoms with Crippen LogP contribution in [-0.4, -0.2) is 25.0 Å². The van der Waals surface area contributed by atoms with Gasteiger partial charge in [-0.2, -0.15) is 0 Å². The van der Waals surface area contributed by atoms with E-state index in [4.69, 9.17) is 4.74 Å². The second kappa shape index (κ2) is 9.44. The van der Waals surface area contributed by atoms with Gasteiger partial charge >= 0.3 is 0 Å². The highest BCUT2D eigenvalue weighted by molar-refractivity contribution is 5.95. The van der Waals surface area contributed by atoms with Gasteiger partial charge in [-0.3, -0.25) is 9.59 Å². The number of rotatable bonds is 8. The van der Waals surface area contributed by atoms with Gasteiger partial charge in [0.05, 0.1) is 6.61 Å². The molecule has 154 valence electrons. The Bertz CT molecular complexity index is 1040. The van der Waals surface area contributed by atoms with Crippen molar-refractivity contribution in [1.29, 1.82) is 0 Å². The van der Waals surface area contributed by atoms with Gasteiger partial charge in [0.2, 0.25) is 11.8 Å². The topological polar surface area (TPSA) is 58.6 Å². The Hall–Kier alpha value is -3.34. The summed E-state index contributed by atoms with van der Waals surface area (Å²) >= 11 is 0. The van der Waals surface area contributed by atoms with Crippen LogP contribution in [0.3, 0.4) is 0 Å². The first-order chi connectivity index (χ1) is 14.7. The lowest BCUT2D eigenvalue weighted by Crippen LogP contribution is -2.25. The monoisotopic (exact) mass is 402 g/mol. The smallest absolute Gasteiger partial charge is 0.227 e. The quantitative estimate of drug-likeness (QED) is 0.567. The number of hydrogen-bond donors (Lipinski definition) is 1. The molecule has 1 saturated heterocycles. The van der Waals surface area contributed by atoms with E-state index in [1.165, 1.54) is 0 Å². The molecule has 0 unspecified atom stereocenters. The molecular formula is C25H26N2O3. The van der Waals surface area contributed by atoms with Crippen molar-refractivity contribution < 1.29 is 14.3 Å². The van der Waals surface area contributed by atoms with E-state index in [0.29, 0.717) is 32.4 Å². The van der Waals surface area contributed by atoms with Gasteiger partial charge in [-0.1, -0.05) is 48.5 Å². The molecule has 1 N–H and O–H groups in total. The second-order valence-corrected chi connectivity index (χ2v) is 7.52. The number of nitrogens with zero attached hydrogens (tertiary/aromatic N) is 1. The number of carbonyl (C=O) groups excluding carboxylic acids is 2. The summed E-state index contributed by atoms with van der Waals surface area (Å²) in [7, 11) is 0. The maximum atomic E-state index is 12.2. The van der Waals surface area contributed by atoms with Crippen LogP contribution in [-0.2, 0) is 16.1 Å². The van der Waals surface area contributed by atoms with Gasteiger partial charge in [-0.15, -0.1) is 0 Å². The number of carbonyl (C=O) groups is 2. The third-order valence-corrected chi connectivity index (χ3v) is 5.34. The summed E-state index contributed by atoms with van der Waals surface area (Å²) in [5, 5.41) is 5.19. The Morgan fingerprint density at radius 3 is 2.73 bits per heavy atom. The molecule has 0 radical (unpaired) electrons. The van der Waals surface area contributed by atoms with E-state index in [2.05, 4.69) is 17.4 Å². The van der Waals surface area contributed by atoms with Crippen LogP contribution < -0.4 is 15.0 Å². The van der Waals surface area contributed by atoms with Gasteiger partial charge in [0.25, 0.3) is 0 Å². The van der Waals surface area contributed by atoms with Gasteiger partial charge in [-0.05, 0) is 42.0 Å². The van der Waals surface area contributed by atoms with Crippen LogP contribution in [0.2, 0.25) is 0 Å². The number of benzene rings is 3. The van der Waals surface area contributed by atoms with Crippen LogP contribution in [0.15, 0.2) is 66.7 Å². The number of nitrogens with one attached hydrogen (secondary N) is 1. The molecule has 3 aromatic carbocycles. The van der Waals surface area contributed by atoms with E-state index >= 15 is 0 Å². The van der Waals surface area contributed by atoms with Crippen LogP contribution in [0.25, 0.3) is 10.8 Å². The van der Waals surface area contributed by atoms with Crippen molar-refractivity contribution in [2.45, 2.75) is 32.2 Å². The van der Waals surface area contributed by atoms with E-state index in [1.54, 1.807) is 0 Å². The average molecular weight is 402 g/mol. The Kier molecular flexibility index (Phi) is 6.28. The lowest BCUT2D eigenvalue weighted by atomic mass is 10.1. The first-order valence-electron chi connectivity index (χ1n) is 10.5. The van der Waals surface area contributed by atoms with Crippen molar-refractivity contribution in [3.05, 3.63) is 72.3 Å². The fraction of sp³-hybridized carbons (Fsp3) is 0.280. The van der Waals surface area contributed by atoms with Crippen molar-refractivity contribution in [2.24, 2.45) is 0 Å². The largest absolute Gasteiger partial charge is 0.493 e. The lowest BCUT2D eigenvalue weighted by molar-refractivity contribution is -0.121. The highest BCUT2D eigenvalue weighted by atomic mass is 16.5. The van der Waals surface area contributed by atoms with Crippen molar-refractivity contribution in [3.63, 3.8) is 0 Å². The fourth-order valence-corrected chi connectivity index (χ4v) is 3.78. The van der Waals surface area contributed by atoms with Gasteiger partial charge in [0.1, 0.15) is 5.75 Å². The summed E-state index contributed by atoms with van der Waals surface area (Å²) in [6.45, 7) is 1.72. The molecule has 5 heteroatoms. The molecule has 0 spiro atoms. The van der Waals surface area contributed by atoms with Crippen LogP contribution in [0.4, 0.5) is 5.69 Å². The zero-order valence-electron chi connectivity index (χ0n) is 17.0. The third-order valence-electron chi connectivity index (χ3n) is 5.34. The molecule has 3 aromatic rings. The molecule has 2 amide bonds. The molecule has 5 nitrogen and oxygen atoms in total. The molecule has 1 fully saturated rings. The van der Waals surface area contributed by atoms with E-state index in [9.17, 15) is 9.59 Å². The number of hydrogen-bond acceptors (Lipinski definition) is 3. The van der Waals surface area contributed by atoms with Crippen LogP contribution in [0, 0.1) is 0 Å². The van der Waals surface area contributed by atoms with E-state index in [-0.39, 0.29) is 11.8 Å². The highest BCUT2D eigenvalue weighted by Crippen LogP contribution is 2.25. The molecule has 4 rings (SSSR count). The van der Waals surface area contributed by atoms with Crippen LogP contribution >= 0.6 is 0 Å². The zero-order valence-corrected chi connectivity index (χ0v) is 17.0. The molecule has 0 aromatic heterocycles. The molecule has 1 aliphatic rings. The van der Waals surface area contributed by atoms with Crippen LogP contribution in [0.1, 0.15) is 31.2 Å². The standard InChI is InChI=1S/C25H26N2O3/c28-24(13-6-16-30-23-12-4-9-20-8-1-2-11-22(20)23)26-18-19-7-3-10-21(17-19)27-15-5-14-25(27)29/h1-4,7-12,17H,5-6,13-16,18H2,(H,26,28). The molecule has 0 atom stereocenters. The number of fused-ring (bicyclic) bond motifs is 1. The predicted molar refractivity (Wildman–Crippen MR) is 119 cm³/mol. The van der Waals surface area contributed by atoms with E-state index in [1.807, 2.05) is 59.5 Å². The molecule has 30 heavy (non-hydrogen) atoms. The first-order valence-corrected chi connectivity index (χ1v) is 10.5. The Morgan fingerprint density at radius 2 is 1.87 bits per heavy atom. The lowest BCUT2D eigenvalue weighted by Gasteiger charge is -2.16. The normalized spacial score (nSPS) is 13.6. The van der Waals surface area contributed by atoms with Crippen molar-refractivity contribution in [1.82, 2.24) is 5.32 Å². The van der Waals surface area contributed by atoms with Crippen molar-refractivity contribution in [3.8, 4) is 5.75 Å². The van der Waals surface area contributed by atoms with Gasteiger partial charge < -0.3 is 15.0 Å². The second-order valence-electron chi connectivity index (χ2n) is 7.52. The maximum Gasteiger partial charge on any atom is 0.227 e. The minimum Gasteiger partial charge on any atom is -0.493 e. The van der Waals surface area contributed by atoms with Crippen LogP contribution in [0.5, 0.6) is 5.75 Å². The molecule has 0 bridgehead atoms. The van der Waals surface area contributed by atoms with Gasteiger partial charge in [0.15, 0.2) is 0 Å². The molecule has 1 aliphatic heterocycles. The summed E-state index contributed by atoms with van der Waals surface area (Å²) in [5.74, 6) is 1.02. The molecule has 0 saturated carbocycles. The fourth-order valence-electron chi connectivity index (χ4n) is 3.78. The molecule has 0 aliphatic carbocycles. The molecule has 1 heterocycles. The molecular weight excluding hydrogens is 376 g/mol. The zero-order chi connectivity index (χ0) is 20.8. The summed E-state index contributed by atoms with van der Waals surface area (Å²) in [6.07, 6.45) is 2.58. The number of anilines is 1. The van der Waals surface area contributed by atoms with Gasteiger partial charge in [0, 0.05) is 37.0 Å². The van der Waals surface area contributed by atoms with Crippen molar-refractivity contribution in [2.75, 3.05) is 18.1 Å². The minimum absolute atomic E-state index is 0.000767. The summed E-state index contributed by atoms with van der Waals surface area (Å²) in [4.78, 5) is 25.9. The third kappa shape index (κ3) is 4.79. The maximum absolute atomic E-state index is 12.2. The minimum atomic E-state index is -0.000767. The SMILES string of the molecule is O=C(CCCOc1cccc2ccccc12)NCc1cccc(N2CCCC2=O)c1. The average Bonchev–Trinajstić information content (AvgIpc) is 3.21. The van der Waals surface area contributed by atoms with Gasteiger partial charge in [-0.25, -0.2) is 0 Å². The number of amides is 2. The Morgan fingerprint density at radius 1 is 1.03 bits per heavy atom. The van der Waals surface area contributed by atoms with E-state index in [0.717, 1.165) is 40.7 Å². The van der Waals surface area contributed by atoms with E-state index < -0.39 is 0 Å². The van der Waals surface area contributed by atoms with Crippen molar-refractivity contribution >= 4 is 28.3 Å². The highest BCUT2D eigenvalue weighted by Gasteiger charge is 2.21. The first kappa shape index (κ1) is 20.0. The summed E-state index contributed by atoms with van der Waals surface area (Å²) in [5.41, 5.74) is 1.90. The summed E-state index contributed by atoms with van der Waals surface area (Å²) < 4.78 is 5.90. The number of ether oxygens (including phenoxy) is 1. The Labute approximate surface area is 176 Å². The predicted octanol–water partition coefficient (Wildman–Crippen LogP) is 4.44. The summed E-state index contributed by atoms with van der Waals surface area (Å²) in [6, 6.07) is 21.9.